The van der Waals surface area contributed by atoms with Gasteiger partial charge in [0.1, 0.15) is 12.0 Å². The first-order chi connectivity index (χ1) is 15.9. The molecule has 1 N–H and O–H groups in total. The molecule has 0 saturated heterocycles. The van der Waals surface area contributed by atoms with Crippen molar-refractivity contribution in [1.29, 1.82) is 0 Å². The lowest BCUT2D eigenvalue weighted by Crippen LogP contribution is -2.29. The van der Waals surface area contributed by atoms with Gasteiger partial charge < -0.3 is 9.90 Å². The summed E-state index contributed by atoms with van der Waals surface area (Å²) in [5.74, 6) is 1.12. The van der Waals surface area contributed by atoms with Crippen LogP contribution in [0, 0.1) is 11.8 Å². The Morgan fingerprint density at radius 3 is 2.61 bits per heavy atom. The Balaban J connectivity index is 1.64. The molecule has 3 unspecified atom stereocenters. The number of benzene rings is 2. The molecular weight excluding hydrogens is 432 g/mol. The number of rotatable bonds is 8. The summed E-state index contributed by atoms with van der Waals surface area (Å²) in [6.07, 6.45) is 10.0. The molecule has 2 aromatic carbocycles. The second-order valence-electron chi connectivity index (χ2n) is 9.31. The van der Waals surface area contributed by atoms with Crippen molar-refractivity contribution in [3.05, 3.63) is 88.4 Å². The summed E-state index contributed by atoms with van der Waals surface area (Å²) >= 11 is 0. The maximum atomic E-state index is 12.9. The Morgan fingerprint density at radius 2 is 1.88 bits per heavy atom. The zero-order valence-corrected chi connectivity index (χ0v) is 19.9. The van der Waals surface area contributed by atoms with Crippen molar-refractivity contribution < 1.29 is 18.3 Å². The summed E-state index contributed by atoms with van der Waals surface area (Å²) in [6, 6.07) is 16.3. The molecule has 0 amide bonds. The Hall–Kier alpha value is -2.66. The van der Waals surface area contributed by atoms with Crippen molar-refractivity contribution in [3.63, 3.8) is 0 Å². The van der Waals surface area contributed by atoms with Crippen LogP contribution in [0.1, 0.15) is 61.1 Å². The van der Waals surface area contributed by atoms with Gasteiger partial charge in [0.25, 0.3) is 0 Å². The highest BCUT2D eigenvalue weighted by Gasteiger charge is 2.38. The van der Waals surface area contributed by atoms with Crippen molar-refractivity contribution in [3.8, 4) is 5.75 Å². The van der Waals surface area contributed by atoms with Crippen LogP contribution in [0.25, 0.3) is 0 Å². The Kier molecular flexibility index (Phi) is 7.18. The molecule has 0 aromatic heterocycles. The molecular formula is C28H32O4S. The highest BCUT2D eigenvalue weighted by atomic mass is 32.2. The number of carbonyl (C=O) groups is 1. The average Bonchev–Trinajstić information content (AvgIpc) is 2.81. The van der Waals surface area contributed by atoms with E-state index in [0.29, 0.717) is 35.8 Å². The van der Waals surface area contributed by atoms with Gasteiger partial charge in [-0.25, -0.2) is 8.42 Å². The highest BCUT2D eigenvalue weighted by Crippen LogP contribution is 2.50. The summed E-state index contributed by atoms with van der Waals surface area (Å²) in [5.41, 5.74) is 3.74. The van der Waals surface area contributed by atoms with Crippen LogP contribution in [-0.2, 0) is 21.1 Å². The van der Waals surface area contributed by atoms with Crippen LogP contribution in [0.2, 0.25) is 0 Å². The quantitative estimate of drug-likeness (QED) is 0.402. The summed E-state index contributed by atoms with van der Waals surface area (Å²) in [6.45, 7) is 2.10. The number of phenols is 1. The molecule has 4 atom stereocenters. The SMILES string of the molecule is CC1C=C(S(=O)(=O)CCCCC=O)C=C[C@@H]1C1c2ccc(O)cc2CCC1c1ccccc1. The molecule has 2 aliphatic rings. The van der Waals surface area contributed by atoms with Crippen LogP contribution < -0.4 is 0 Å². The molecule has 5 heteroatoms. The van der Waals surface area contributed by atoms with Gasteiger partial charge >= 0.3 is 0 Å². The fourth-order valence-electron chi connectivity index (χ4n) is 5.49. The number of allylic oxidation sites excluding steroid dienone is 3. The fraction of sp³-hybridized carbons (Fsp3) is 0.393. The Morgan fingerprint density at radius 1 is 1.09 bits per heavy atom. The van der Waals surface area contributed by atoms with E-state index in [-0.39, 0.29) is 23.5 Å². The minimum Gasteiger partial charge on any atom is -0.508 e. The van der Waals surface area contributed by atoms with Gasteiger partial charge in [-0.3, -0.25) is 0 Å². The summed E-state index contributed by atoms with van der Waals surface area (Å²) in [4.78, 5) is 10.9. The molecule has 2 aliphatic carbocycles. The smallest absolute Gasteiger partial charge is 0.178 e. The van der Waals surface area contributed by atoms with E-state index in [9.17, 15) is 18.3 Å². The minimum absolute atomic E-state index is 0.0608. The number of unbranched alkanes of at least 4 members (excludes halogenated alkanes) is 2. The minimum atomic E-state index is -3.36. The molecule has 0 fully saturated rings. The number of aldehydes is 1. The van der Waals surface area contributed by atoms with Crippen LogP contribution in [0.4, 0.5) is 0 Å². The third-order valence-electron chi connectivity index (χ3n) is 7.15. The fourth-order valence-corrected chi connectivity index (χ4v) is 7.02. The maximum Gasteiger partial charge on any atom is 0.178 e. The van der Waals surface area contributed by atoms with E-state index >= 15 is 0 Å². The molecule has 0 aliphatic heterocycles. The van der Waals surface area contributed by atoms with Gasteiger partial charge in [-0.2, -0.15) is 0 Å². The van der Waals surface area contributed by atoms with Gasteiger partial charge in [0.15, 0.2) is 9.84 Å². The predicted octanol–water partition coefficient (Wildman–Crippen LogP) is 5.70. The molecule has 174 valence electrons. The number of aromatic hydroxyl groups is 1. The first kappa shape index (κ1) is 23.5. The number of hydrogen-bond acceptors (Lipinski definition) is 4. The molecule has 0 radical (unpaired) electrons. The van der Waals surface area contributed by atoms with E-state index in [1.807, 2.05) is 24.3 Å². The zero-order chi connectivity index (χ0) is 23.4. The highest BCUT2D eigenvalue weighted by molar-refractivity contribution is 7.95. The molecule has 0 heterocycles. The largest absolute Gasteiger partial charge is 0.508 e. The lowest BCUT2D eigenvalue weighted by Gasteiger charge is -2.41. The summed E-state index contributed by atoms with van der Waals surface area (Å²) in [7, 11) is -3.36. The van der Waals surface area contributed by atoms with Crippen LogP contribution in [0.15, 0.2) is 71.7 Å². The molecule has 0 bridgehead atoms. The van der Waals surface area contributed by atoms with Crippen LogP contribution in [0.3, 0.4) is 0 Å². The number of hydrogen-bond donors (Lipinski definition) is 1. The van der Waals surface area contributed by atoms with Gasteiger partial charge in [0, 0.05) is 6.42 Å². The van der Waals surface area contributed by atoms with E-state index in [1.54, 1.807) is 12.1 Å². The third kappa shape index (κ3) is 5.14. The Bertz CT molecular complexity index is 1150. The van der Waals surface area contributed by atoms with Crippen molar-refractivity contribution in [2.24, 2.45) is 11.8 Å². The van der Waals surface area contributed by atoms with Crippen LogP contribution >= 0.6 is 0 Å². The lowest BCUT2D eigenvalue weighted by molar-refractivity contribution is -0.107. The maximum absolute atomic E-state index is 12.9. The topological polar surface area (TPSA) is 71.4 Å². The lowest BCUT2D eigenvalue weighted by atomic mass is 9.63. The number of phenolic OH excluding ortho intramolecular Hbond substituents is 1. The van der Waals surface area contributed by atoms with Gasteiger partial charge in [0.05, 0.1) is 10.7 Å². The van der Waals surface area contributed by atoms with Crippen molar-refractivity contribution in [2.75, 3.05) is 5.75 Å². The summed E-state index contributed by atoms with van der Waals surface area (Å²) < 4.78 is 25.7. The van der Waals surface area contributed by atoms with E-state index in [0.717, 1.165) is 19.1 Å². The molecule has 0 spiro atoms. The van der Waals surface area contributed by atoms with E-state index in [2.05, 4.69) is 37.3 Å². The molecule has 4 rings (SSSR count). The van der Waals surface area contributed by atoms with Crippen LogP contribution in [0.5, 0.6) is 5.75 Å². The van der Waals surface area contributed by atoms with Gasteiger partial charge in [-0.15, -0.1) is 0 Å². The van der Waals surface area contributed by atoms with Crippen LogP contribution in [-0.4, -0.2) is 25.6 Å². The van der Waals surface area contributed by atoms with E-state index in [4.69, 9.17) is 0 Å². The Labute approximate surface area is 197 Å². The predicted molar refractivity (Wildman–Crippen MR) is 132 cm³/mol. The number of fused-ring (bicyclic) bond motifs is 1. The second kappa shape index (κ2) is 10.1. The third-order valence-corrected chi connectivity index (χ3v) is 8.96. The monoisotopic (exact) mass is 464 g/mol. The first-order valence-corrected chi connectivity index (χ1v) is 13.5. The standard InChI is InChI=1S/C28H32O4S/c1-20-18-24(33(31,32)17-7-3-6-16-29)12-15-25(20)28-26(21-8-4-2-5-9-21)13-10-22-19-23(30)11-14-27(22)28/h2,4-5,8-9,11-12,14-16,18-20,25-26,28,30H,3,6-7,10,13,17H2,1H3/t20?,25-,26?,28?/m0/s1. The number of aryl methyl sites for hydroxylation is 1. The van der Waals surface area contributed by atoms with E-state index in [1.165, 1.54) is 16.7 Å². The molecule has 33 heavy (non-hydrogen) atoms. The van der Waals surface area contributed by atoms with E-state index < -0.39 is 9.84 Å². The van der Waals surface area contributed by atoms with Crippen molar-refractivity contribution in [2.45, 2.75) is 50.9 Å². The van der Waals surface area contributed by atoms with Gasteiger partial charge in [-0.05, 0) is 84.3 Å². The normalized spacial score (nSPS) is 24.7. The van der Waals surface area contributed by atoms with Crippen molar-refractivity contribution >= 4 is 16.1 Å². The molecule has 0 saturated carbocycles. The molecule has 2 aromatic rings. The molecule has 4 nitrogen and oxygen atoms in total. The number of carbonyl (C=O) groups excluding carboxylic acids is 1. The first-order valence-electron chi connectivity index (χ1n) is 11.8. The van der Waals surface area contributed by atoms with Gasteiger partial charge in [0.2, 0.25) is 0 Å². The summed E-state index contributed by atoms with van der Waals surface area (Å²) in [5, 5.41) is 10.0. The van der Waals surface area contributed by atoms with Gasteiger partial charge in [-0.1, -0.05) is 55.5 Å². The van der Waals surface area contributed by atoms with Crippen molar-refractivity contribution in [1.82, 2.24) is 0 Å². The average molecular weight is 465 g/mol. The number of sulfone groups is 1. The second-order valence-corrected chi connectivity index (χ2v) is 11.4. The zero-order valence-electron chi connectivity index (χ0n) is 19.1.